The Bertz CT molecular complexity index is 400. The van der Waals surface area contributed by atoms with Gasteiger partial charge < -0.3 is 15.0 Å². The Labute approximate surface area is 128 Å². The molecule has 0 radical (unpaired) electrons. The summed E-state index contributed by atoms with van der Waals surface area (Å²) in [4.78, 5) is 14.2. The Kier molecular flexibility index (Phi) is 8.51. The second kappa shape index (κ2) is 10.2. The predicted octanol–water partition coefficient (Wildman–Crippen LogP) is 2.48. The second-order valence-electron chi connectivity index (χ2n) is 5.11. The fourth-order valence-electron chi connectivity index (χ4n) is 2.22. The Morgan fingerprint density at radius 1 is 1.14 bits per heavy atom. The molecule has 0 fully saturated rings. The van der Waals surface area contributed by atoms with Crippen LogP contribution in [0.15, 0.2) is 24.3 Å². The van der Waals surface area contributed by atoms with E-state index in [9.17, 15) is 4.79 Å². The van der Waals surface area contributed by atoms with Gasteiger partial charge in [0.05, 0.1) is 13.5 Å². The minimum atomic E-state index is 0.0861. The Morgan fingerprint density at radius 2 is 1.81 bits per heavy atom. The lowest BCUT2D eigenvalue weighted by Gasteiger charge is -2.17. The van der Waals surface area contributed by atoms with Crippen molar-refractivity contribution in [3.8, 4) is 5.75 Å². The van der Waals surface area contributed by atoms with Crippen LogP contribution >= 0.6 is 0 Å². The molecule has 21 heavy (non-hydrogen) atoms. The van der Waals surface area contributed by atoms with E-state index in [1.807, 2.05) is 24.3 Å². The first-order valence-electron chi connectivity index (χ1n) is 7.81. The van der Waals surface area contributed by atoms with E-state index in [0.29, 0.717) is 6.42 Å². The molecule has 0 atom stereocenters. The van der Waals surface area contributed by atoms with Gasteiger partial charge in [-0.15, -0.1) is 0 Å². The highest BCUT2D eigenvalue weighted by Gasteiger charge is 2.03. The van der Waals surface area contributed by atoms with Crippen molar-refractivity contribution in [3.63, 3.8) is 0 Å². The number of benzene rings is 1. The first kappa shape index (κ1) is 17.5. The molecule has 1 N–H and O–H groups in total. The van der Waals surface area contributed by atoms with Gasteiger partial charge in [-0.3, -0.25) is 4.79 Å². The van der Waals surface area contributed by atoms with Crippen LogP contribution < -0.4 is 10.1 Å². The second-order valence-corrected chi connectivity index (χ2v) is 5.11. The van der Waals surface area contributed by atoms with Gasteiger partial charge in [-0.2, -0.15) is 0 Å². The van der Waals surface area contributed by atoms with Gasteiger partial charge in [-0.25, -0.2) is 0 Å². The number of unbranched alkanes of at least 4 members (excludes halogenated alkanes) is 1. The number of nitrogens with one attached hydrogen (secondary N) is 1. The monoisotopic (exact) mass is 292 g/mol. The van der Waals surface area contributed by atoms with E-state index in [1.54, 1.807) is 7.11 Å². The van der Waals surface area contributed by atoms with E-state index in [4.69, 9.17) is 4.74 Å². The molecule has 0 saturated carbocycles. The van der Waals surface area contributed by atoms with E-state index in [2.05, 4.69) is 24.1 Å². The summed E-state index contributed by atoms with van der Waals surface area (Å²) in [6.07, 6.45) is 2.59. The molecule has 4 heteroatoms. The third-order valence-electron chi connectivity index (χ3n) is 3.64. The zero-order chi connectivity index (χ0) is 15.5. The van der Waals surface area contributed by atoms with Crippen LogP contribution in [0, 0.1) is 0 Å². The van der Waals surface area contributed by atoms with E-state index in [0.717, 1.165) is 50.3 Å². The van der Waals surface area contributed by atoms with Gasteiger partial charge in [-0.05, 0) is 50.2 Å². The van der Waals surface area contributed by atoms with Crippen molar-refractivity contribution in [2.24, 2.45) is 0 Å². The van der Waals surface area contributed by atoms with Gasteiger partial charge in [0.2, 0.25) is 5.91 Å². The van der Waals surface area contributed by atoms with Crippen LogP contribution in [0.2, 0.25) is 0 Å². The van der Waals surface area contributed by atoms with E-state index in [-0.39, 0.29) is 5.91 Å². The van der Waals surface area contributed by atoms with Crippen LogP contribution in [-0.4, -0.2) is 44.1 Å². The summed E-state index contributed by atoms with van der Waals surface area (Å²) in [7, 11) is 1.64. The molecular weight excluding hydrogens is 264 g/mol. The van der Waals surface area contributed by atoms with Crippen molar-refractivity contribution in [2.75, 3.05) is 33.3 Å². The quantitative estimate of drug-likeness (QED) is 0.674. The summed E-state index contributed by atoms with van der Waals surface area (Å²) in [6.45, 7) is 8.43. The van der Waals surface area contributed by atoms with E-state index < -0.39 is 0 Å². The number of carbonyl (C=O) groups is 1. The fourth-order valence-corrected chi connectivity index (χ4v) is 2.22. The zero-order valence-electron chi connectivity index (χ0n) is 13.5. The normalized spacial score (nSPS) is 10.7. The smallest absolute Gasteiger partial charge is 0.224 e. The van der Waals surface area contributed by atoms with Crippen molar-refractivity contribution in [2.45, 2.75) is 33.1 Å². The highest BCUT2D eigenvalue weighted by Crippen LogP contribution is 2.11. The van der Waals surface area contributed by atoms with E-state index in [1.165, 1.54) is 0 Å². The minimum Gasteiger partial charge on any atom is -0.497 e. The van der Waals surface area contributed by atoms with Crippen molar-refractivity contribution >= 4 is 5.91 Å². The minimum absolute atomic E-state index is 0.0861. The van der Waals surface area contributed by atoms with Gasteiger partial charge in [0.25, 0.3) is 0 Å². The van der Waals surface area contributed by atoms with Gasteiger partial charge in [0, 0.05) is 6.54 Å². The van der Waals surface area contributed by atoms with Gasteiger partial charge >= 0.3 is 0 Å². The number of carbonyl (C=O) groups excluding carboxylic acids is 1. The summed E-state index contributed by atoms with van der Waals surface area (Å²) >= 11 is 0. The SMILES string of the molecule is CCN(CC)CCCCNC(=O)Cc1ccc(OC)cc1. The van der Waals surface area contributed by atoms with Crippen LogP contribution in [0.25, 0.3) is 0 Å². The van der Waals surface area contributed by atoms with Crippen LogP contribution in [-0.2, 0) is 11.2 Å². The Hall–Kier alpha value is -1.55. The lowest BCUT2D eigenvalue weighted by Crippen LogP contribution is -2.28. The zero-order valence-corrected chi connectivity index (χ0v) is 13.5. The van der Waals surface area contributed by atoms with E-state index >= 15 is 0 Å². The number of hydrogen-bond acceptors (Lipinski definition) is 3. The fraction of sp³-hybridized carbons (Fsp3) is 0.588. The average Bonchev–Trinajstić information content (AvgIpc) is 2.51. The van der Waals surface area contributed by atoms with Crippen molar-refractivity contribution in [1.29, 1.82) is 0 Å². The Morgan fingerprint density at radius 3 is 2.38 bits per heavy atom. The van der Waals surface area contributed by atoms with Gasteiger partial charge in [0.15, 0.2) is 0 Å². The summed E-state index contributed by atoms with van der Waals surface area (Å²) in [5.74, 6) is 0.901. The molecule has 0 aromatic heterocycles. The number of amides is 1. The molecule has 0 aliphatic rings. The average molecular weight is 292 g/mol. The van der Waals surface area contributed by atoms with Gasteiger partial charge in [-0.1, -0.05) is 26.0 Å². The predicted molar refractivity (Wildman–Crippen MR) is 86.7 cm³/mol. The van der Waals surface area contributed by atoms with Crippen LogP contribution in [0.5, 0.6) is 5.75 Å². The maximum absolute atomic E-state index is 11.8. The molecule has 0 saturated heterocycles. The molecule has 4 nitrogen and oxygen atoms in total. The molecule has 0 aliphatic heterocycles. The molecular formula is C17H28N2O2. The maximum atomic E-state index is 11.8. The third-order valence-corrected chi connectivity index (χ3v) is 3.64. The molecule has 1 aromatic carbocycles. The summed E-state index contributed by atoms with van der Waals surface area (Å²) in [5, 5.41) is 2.98. The number of hydrogen-bond donors (Lipinski definition) is 1. The molecule has 0 bridgehead atoms. The number of methoxy groups -OCH3 is 1. The molecule has 1 rings (SSSR count). The standard InChI is InChI=1S/C17H28N2O2/c1-4-19(5-2)13-7-6-12-18-17(20)14-15-8-10-16(21-3)11-9-15/h8-11H,4-7,12-14H2,1-3H3,(H,18,20). The highest BCUT2D eigenvalue weighted by atomic mass is 16.5. The van der Waals surface area contributed by atoms with Crippen LogP contribution in [0.1, 0.15) is 32.3 Å². The number of ether oxygens (including phenoxy) is 1. The Balaban J connectivity index is 2.16. The number of nitrogens with zero attached hydrogens (tertiary/aromatic N) is 1. The first-order chi connectivity index (χ1) is 10.2. The maximum Gasteiger partial charge on any atom is 0.224 e. The number of rotatable bonds is 10. The molecule has 0 aliphatic carbocycles. The largest absolute Gasteiger partial charge is 0.497 e. The lowest BCUT2D eigenvalue weighted by atomic mass is 10.1. The van der Waals surface area contributed by atoms with Gasteiger partial charge in [0.1, 0.15) is 5.75 Å². The summed E-state index contributed by atoms with van der Waals surface area (Å²) < 4.78 is 5.10. The summed E-state index contributed by atoms with van der Waals surface area (Å²) in [6, 6.07) is 7.62. The molecule has 1 amide bonds. The molecule has 0 heterocycles. The summed E-state index contributed by atoms with van der Waals surface area (Å²) in [5.41, 5.74) is 1.01. The van der Waals surface area contributed by atoms with Crippen LogP contribution in [0.3, 0.4) is 0 Å². The lowest BCUT2D eigenvalue weighted by molar-refractivity contribution is -0.120. The molecule has 0 spiro atoms. The molecule has 1 aromatic rings. The van der Waals surface area contributed by atoms with Crippen molar-refractivity contribution in [3.05, 3.63) is 29.8 Å². The third kappa shape index (κ3) is 7.14. The molecule has 118 valence electrons. The van der Waals surface area contributed by atoms with Crippen molar-refractivity contribution in [1.82, 2.24) is 10.2 Å². The highest BCUT2D eigenvalue weighted by molar-refractivity contribution is 5.78. The topological polar surface area (TPSA) is 41.6 Å². The van der Waals surface area contributed by atoms with Crippen molar-refractivity contribution < 1.29 is 9.53 Å². The first-order valence-corrected chi connectivity index (χ1v) is 7.81. The molecule has 0 unspecified atom stereocenters. The van der Waals surface area contributed by atoms with Crippen LogP contribution in [0.4, 0.5) is 0 Å².